The maximum absolute atomic E-state index is 11.9. The first-order chi connectivity index (χ1) is 9.78. The van der Waals surface area contributed by atoms with Crippen LogP contribution in [-0.2, 0) is 22.7 Å². The molecule has 1 fully saturated rings. The number of carbonyl (C=O) groups is 1. The SMILES string of the molecule is COCc1cccc(CNC(=O)CN2CCNCC2)c1. The van der Waals surface area contributed by atoms with E-state index >= 15 is 0 Å². The summed E-state index contributed by atoms with van der Waals surface area (Å²) in [5.41, 5.74) is 2.23. The molecule has 5 heteroatoms. The highest BCUT2D eigenvalue weighted by atomic mass is 16.5. The maximum atomic E-state index is 11.9. The Bertz CT molecular complexity index is 431. The summed E-state index contributed by atoms with van der Waals surface area (Å²) in [5, 5.41) is 6.25. The number of ether oxygens (including phenoxy) is 1. The van der Waals surface area contributed by atoms with Crippen molar-refractivity contribution in [1.29, 1.82) is 0 Å². The Morgan fingerprint density at radius 1 is 1.35 bits per heavy atom. The first-order valence-electron chi connectivity index (χ1n) is 7.04. The summed E-state index contributed by atoms with van der Waals surface area (Å²) in [7, 11) is 1.68. The molecule has 1 amide bonds. The zero-order valence-corrected chi connectivity index (χ0v) is 12.0. The summed E-state index contributed by atoms with van der Waals surface area (Å²) in [6.45, 7) is 5.47. The third kappa shape index (κ3) is 4.92. The molecule has 0 unspecified atom stereocenters. The molecule has 0 atom stereocenters. The highest BCUT2D eigenvalue weighted by Gasteiger charge is 2.12. The molecule has 0 radical (unpaired) electrons. The Morgan fingerprint density at radius 2 is 2.10 bits per heavy atom. The molecule has 1 aromatic rings. The molecule has 2 N–H and O–H groups in total. The van der Waals surface area contributed by atoms with Crippen LogP contribution in [0.25, 0.3) is 0 Å². The highest BCUT2D eigenvalue weighted by Crippen LogP contribution is 2.06. The average molecular weight is 277 g/mol. The van der Waals surface area contributed by atoms with Crippen molar-refractivity contribution in [2.45, 2.75) is 13.2 Å². The van der Waals surface area contributed by atoms with Gasteiger partial charge in [0.05, 0.1) is 13.2 Å². The van der Waals surface area contributed by atoms with Crippen molar-refractivity contribution in [2.75, 3.05) is 39.8 Å². The Labute approximate surface area is 120 Å². The number of nitrogens with zero attached hydrogens (tertiary/aromatic N) is 1. The Balaban J connectivity index is 1.76. The number of piperazine rings is 1. The zero-order chi connectivity index (χ0) is 14.2. The van der Waals surface area contributed by atoms with Gasteiger partial charge in [-0.25, -0.2) is 0 Å². The minimum atomic E-state index is 0.0871. The molecule has 1 aliphatic rings. The third-order valence-corrected chi connectivity index (χ3v) is 3.37. The molecule has 1 saturated heterocycles. The lowest BCUT2D eigenvalue weighted by molar-refractivity contribution is -0.122. The lowest BCUT2D eigenvalue weighted by atomic mass is 10.1. The topological polar surface area (TPSA) is 53.6 Å². The van der Waals surface area contributed by atoms with Crippen LogP contribution in [0.3, 0.4) is 0 Å². The van der Waals surface area contributed by atoms with Crippen LogP contribution in [0.2, 0.25) is 0 Å². The Kier molecular flexibility index (Phi) is 5.98. The van der Waals surface area contributed by atoms with Crippen molar-refractivity contribution in [1.82, 2.24) is 15.5 Å². The molecule has 2 rings (SSSR count). The van der Waals surface area contributed by atoms with E-state index in [1.165, 1.54) is 0 Å². The van der Waals surface area contributed by atoms with E-state index in [0.29, 0.717) is 19.7 Å². The van der Waals surface area contributed by atoms with E-state index in [1.807, 2.05) is 18.2 Å². The maximum Gasteiger partial charge on any atom is 0.234 e. The van der Waals surface area contributed by atoms with Crippen LogP contribution in [0.5, 0.6) is 0 Å². The van der Waals surface area contributed by atoms with Crippen molar-refractivity contribution < 1.29 is 9.53 Å². The van der Waals surface area contributed by atoms with Gasteiger partial charge in [-0.1, -0.05) is 24.3 Å². The van der Waals surface area contributed by atoms with Crippen LogP contribution in [0.15, 0.2) is 24.3 Å². The number of hydrogen-bond acceptors (Lipinski definition) is 4. The normalized spacial score (nSPS) is 16.1. The molecule has 5 nitrogen and oxygen atoms in total. The van der Waals surface area contributed by atoms with Gasteiger partial charge >= 0.3 is 0 Å². The number of hydrogen-bond donors (Lipinski definition) is 2. The monoisotopic (exact) mass is 277 g/mol. The second-order valence-electron chi connectivity index (χ2n) is 5.06. The molecule has 0 saturated carbocycles. The van der Waals surface area contributed by atoms with Gasteiger partial charge in [0.2, 0.25) is 5.91 Å². The van der Waals surface area contributed by atoms with Gasteiger partial charge in [0.1, 0.15) is 0 Å². The minimum absolute atomic E-state index is 0.0871. The average Bonchev–Trinajstić information content (AvgIpc) is 2.47. The molecule has 110 valence electrons. The predicted octanol–water partition coefficient (Wildman–Crippen LogP) is 0.354. The smallest absolute Gasteiger partial charge is 0.234 e. The van der Waals surface area contributed by atoms with Gasteiger partial charge in [-0.05, 0) is 11.1 Å². The van der Waals surface area contributed by atoms with Crippen LogP contribution in [0, 0.1) is 0 Å². The third-order valence-electron chi connectivity index (χ3n) is 3.37. The summed E-state index contributed by atoms with van der Waals surface area (Å²) >= 11 is 0. The summed E-state index contributed by atoms with van der Waals surface area (Å²) in [6, 6.07) is 8.10. The van der Waals surface area contributed by atoms with Gasteiger partial charge in [0, 0.05) is 39.8 Å². The van der Waals surface area contributed by atoms with Crippen molar-refractivity contribution in [3.8, 4) is 0 Å². The summed E-state index contributed by atoms with van der Waals surface area (Å²) in [5.74, 6) is 0.0871. The zero-order valence-electron chi connectivity index (χ0n) is 12.0. The van der Waals surface area contributed by atoms with Crippen molar-refractivity contribution in [3.05, 3.63) is 35.4 Å². The van der Waals surface area contributed by atoms with Gasteiger partial charge in [0.25, 0.3) is 0 Å². The Morgan fingerprint density at radius 3 is 2.85 bits per heavy atom. The van der Waals surface area contributed by atoms with Crippen LogP contribution >= 0.6 is 0 Å². The minimum Gasteiger partial charge on any atom is -0.380 e. The van der Waals surface area contributed by atoms with Crippen molar-refractivity contribution in [3.63, 3.8) is 0 Å². The molecule has 0 aromatic heterocycles. The molecular formula is C15H23N3O2. The lowest BCUT2D eigenvalue weighted by Crippen LogP contribution is -2.47. The largest absolute Gasteiger partial charge is 0.380 e. The van der Waals surface area contributed by atoms with E-state index in [1.54, 1.807) is 7.11 Å². The van der Waals surface area contributed by atoms with E-state index < -0.39 is 0 Å². The van der Waals surface area contributed by atoms with E-state index in [-0.39, 0.29) is 5.91 Å². The number of carbonyl (C=O) groups excluding carboxylic acids is 1. The number of methoxy groups -OCH3 is 1. The Hall–Kier alpha value is -1.43. The fraction of sp³-hybridized carbons (Fsp3) is 0.533. The van der Waals surface area contributed by atoms with Gasteiger partial charge in [-0.2, -0.15) is 0 Å². The molecule has 0 spiro atoms. The van der Waals surface area contributed by atoms with Crippen molar-refractivity contribution in [2.24, 2.45) is 0 Å². The fourth-order valence-electron chi connectivity index (χ4n) is 2.32. The number of benzene rings is 1. The van der Waals surface area contributed by atoms with Crippen LogP contribution < -0.4 is 10.6 Å². The molecular weight excluding hydrogens is 254 g/mol. The summed E-state index contributed by atoms with van der Waals surface area (Å²) in [6.07, 6.45) is 0. The van der Waals surface area contributed by atoms with Crippen LogP contribution in [-0.4, -0.2) is 50.6 Å². The summed E-state index contributed by atoms with van der Waals surface area (Å²) in [4.78, 5) is 14.1. The van der Waals surface area contributed by atoms with E-state index in [0.717, 1.165) is 37.3 Å². The second-order valence-corrected chi connectivity index (χ2v) is 5.06. The van der Waals surface area contributed by atoms with E-state index in [9.17, 15) is 4.79 Å². The van der Waals surface area contributed by atoms with Gasteiger partial charge < -0.3 is 15.4 Å². The van der Waals surface area contributed by atoms with Gasteiger partial charge in [0.15, 0.2) is 0 Å². The fourth-order valence-corrected chi connectivity index (χ4v) is 2.32. The highest BCUT2D eigenvalue weighted by molar-refractivity contribution is 5.78. The lowest BCUT2D eigenvalue weighted by Gasteiger charge is -2.26. The van der Waals surface area contributed by atoms with E-state index in [4.69, 9.17) is 4.74 Å². The second kappa shape index (κ2) is 7.99. The molecule has 1 aliphatic heterocycles. The van der Waals surface area contributed by atoms with Gasteiger partial charge in [-0.3, -0.25) is 9.69 Å². The van der Waals surface area contributed by atoms with Crippen LogP contribution in [0.1, 0.15) is 11.1 Å². The number of rotatable bonds is 6. The molecule has 0 aliphatic carbocycles. The first kappa shape index (κ1) is 15.0. The number of nitrogens with one attached hydrogen (secondary N) is 2. The molecule has 0 bridgehead atoms. The van der Waals surface area contributed by atoms with Gasteiger partial charge in [-0.15, -0.1) is 0 Å². The standard InChI is InChI=1S/C15H23N3O2/c1-20-12-14-4-2-3-13(9-14)10-17-15(19)11-18-7-5-16-6-8-18/h2-4,9,16H,5-8,10-12H2,1H3,(H,17,19). The predicted molar refractivity (Wildman–Crippen MR) is 78.3 cm³/mol. The first-order valence-corrected chi connectivity index (χ1v) is 7.04. The summed E-state index contributed by atoms with van der Waals surface area (Å²) < 4.78 is 5.11. The molecule has 1 heterocycles. The van der Waals surface area contributed by atoms with E-state index in [2.05, 4.69) is 21.6 Å². The molecule has 1 aromatic carbocycles. The van der Waals surface area contributed by atoms with Crippen LogP contribution in [0.4, 0.5) is 0 Å². The molecule has 20 heavy (non-hydrogen) atoms. The quantitative estimate of drug-likeness (QED) is 0.788. The van der Waals surface area contributed by atoms with Crippen molar-refractivity contribution >= 4 is 5.91 Å². The number of amides is 1.